The van der Waals surface area contributed by atoms with Gasteiger partial charge in [0.15, 0.2) is 0 Å². The fourth-order valence-corrected chi connectivity index (χ4v) is 2.55. The van der Waals surface area contributed by atoms with E-state index in [0.29, 0.717) is 6.04 Å². The van der Waals surface area contributed by atoms with Crippen molar-refractivity contribution in [3.05, 3.63) is 0 Å². The summed E-state index contributed by atoms with van der Waals surface area (Å²) in [6.07, 6.45) is 4.03. The lowest BCUT2D eigenvalue weighted by Gasteiger charge is -2.20. The summed E-state index contributed by atoms with van der Waals surface area (Å²) < 4.78 is 0. The normalized spacial score (nSPS) is 36.2. The Hall–Kier alpha value is -0.120. The third kappa shape index (κ3) is 2.27. The Morgan fingerprint density at radius 1 is 1.50 bits per heavy atom. The zero-order valence-corrected chi connectivity index (χ0v) is 9.24. The van der Waals surface area contributed by atoms with Crippen molar-refractivity contribution >= 4 is 0 Å². The molecule has 1 saturated heterocycles. The van der Waals surface area contributed by atoms with Crippen LogP contribution in [0.15, 0.2) is 0 Å². The highest BCUT2D eigenvalue weighted by Gasteiger charge is 2.38. The first-order valence-corrected chi connectivity index (χ1v) is 5.83. The van der Waals surface area contributed by atoms with Gasteiger partial charge in [-0.1, -0.05) is 0 Å². The molecule has 0 aromatic heterocycles. The largest absolute Gasteiger partial charge is 0.395 e. The number of rotatable bonds is 4. The van der Waals surface area contributed by atoms with E-state index < -0.39 is 0 Å². The lowest BCUT2D eigenvalue weighted by molar-refractivity contribution is 0.233. The van der Waals surface area contributed by atoms with Crippen molar-refractivity contribution in [1.82, 2.24) is 10.2 Å². The quantitative estimate of drug-likeness (QED) is 0.694. The predicted molar refractivity (Wildman–Crippen MR) is 57.3 cm³/mol. The fourth-order valence-electron chi connectivity index (χ4n) is 2.55. The number of likely N-dealkylation sites (tertiary alicyclic amines) is 1. The lowest BCUT2D eigenvalue weighted by atomic mass is 10.2. The second-order valence-electron chi connectivity index (χ2n) is 4.96. The van der Waals surface area contributed by atoms with E-state index in [1.807, 2.05) is 6.92 Å². The van der Waals surface area contributed by atoms with E-state index in [1.165, 1.54) is 25.8 Å². The summed E-state index contributed by atoms with van der Waals surface area (Å²) in [4.78, 5) is 2.63. The van der Waals surface area contributed by atoms with Crippen LogP contribution in [0.2, 0.25) is 0 Å². The molecule has 1 heterocycles. The van der Waals surface area contributed by atoms with E-state index in [2.05, 4.69) is 17.1 Å². The van der Waals surface area contributed by atoms with Gasteiger partial charge in [-0.3, -0.25) is 4.90 Å². The highest BCUT2D eigenvalue weighted by Crippen LogP contribution is 2.33. The van der Waals surface area contributed by atoms with Gasteiger partial charge in [-0.15, -0.1) is 0 Å². The number of hydrogen-bond acceptors (Lipinski definition) is 3. The van der Waals surface area contributed by atoms with Gasteiger partial charge in [0.2, 0.25) is 0 Å². The summed E-state index contributed by atoms with van der Waals surface area (Å²) in [6.45, 7) is 5.79. The monoisotopic (exact) mass is 198 g/mol. The zero-order chi connectivity index (χ0) is 10.1. The molecule has 82 valence electrons. The van der Waals surface area contributed by atoms with Crippen LogP contribution in [0, 0.1) is 0 Å². The molecule has 0 radical (unpaired) electrons. The number of aliphatic hydroxyl groups excluding tert-OH is 1. The van der Waals surface area contributed by atoms with Crippen LogP contribution in [-0.2, 0) is 0 Å². The molecule has 0 aromatic rings. The summed E-state index contributed by atoms with van der Waals surface area (Å²) >= 11 is 0. The van der Waals surface area contributed by atoms with Gasteiger partial charge in [0.25, 0.3) is 0 Å². The first kappa shape index (κ1) is 10.4. The van der Waals surface area contributed by atoms with Crippen molar-refractivity contribution in [2.75, 3.05) is 13.2 Å². The van der Waals surface area contributed by atoms with Gasteiger partial charge in [-0.05, 0) is 33.1 Å². The van der Waals surface area contributed by atoms with Crippen molar-refractivity contribution < 1.29 is 5.11 Å². The predicted octanol–water partition coefficient (Wildman–Crippen LogP) is 0.582. The van der Waals surface area contributed by atoms with E-state index >= 15 is 0 Å². The molecular formula is C11H22N2O. The van der Waals surface area contributed by atoms with Crippen molar-refractivity contribution in [2.45, 2.75) is 57.3 Å². The first-order valence-electron chi connectivity index (χ1n) is 5.83. The molecule has 0 amide bonds. The third-order valence-corrected chi connectivity index (χ3v) is 3.43. The highest BCUT2D eigenvalue weighted by atomic mass is 16.3. The first-order chi connectivity index (χ1) is 6.70. The van der Waals surface area contributed by atoms with Crippen LogP contribution >= 0.6 is 0 Å². The Bertz CT molecular complexity index is 194. The van der Waals surface area contributed by atoms with Crippen molar-refractivity contribution in [2.24, 2.45) is 0 Å². The van der Waals surface area contributed by atoms with Gasteiger partial charge in [-0.25, -0.2) is 0 Å². The number of nitrogens with one attached hydrogen (secondary N) is 1. The second kappa shape index (κ2) is 4.17. The molecule has 3 atom stereocenters. The minimum Gasteiger partial charge on any atom is -0.395 e. The Morgan fingerprint density at radius 2 is 2.21 bits per heavy atom. The van der Waals surface area contributed by atoms with E-state index in [9.17, 15) is 0 Å². The van der Waals surface area contributed by atoms with Gasteiger partial charge in [0.1, 0.15) is 0 Å². The summed E-state index contributed by atoms with van der Waals surface area (Å²) in [5.41, 5.74) is 0. The fraction of sp³-hybridized carbons (Fsp3) is 1.00. The summed E-state index contributed by atoms with van der Waals surface area (Å²) in [7, 11) is 0. The molecule has 2 fully saturated rings. The van der Waals surface area contributed by atoms with Crippen LogP contribution in [-0.4, -0.2) is 47.3 Å². The minimum absolute atomic E-state index is 0.242. The van der Waals surface area contributed by atoms with Crippen molar-refractivity contribution in [1.29, 1.82) is 0 Å². The van der Waals surface area contributed by atoms with E-state index in [4.69, 9.17) is 5.11 Å². The van der Waals surface area contributed by atoms with Crippen molar-refractivity contribution in [3.8, 4) is 0 Å². The SMILES string of the molecule is CC1CC(N[C@H](C)CO)CN1C1CC1. The van der Waals surface area contributed by atoms with Crippen LogP contribution < -0.4 is 5.32 Å². The number of aliphatic hydroxyl groups is 1. The third-order valence-electron chi connectivity index (χ3n) is 3.43. The second-order valence-corrected chi connectivity index (χ2v) is 4.96. The number of nitrogens with zero attached hydrogens (tertiary/aromatic N) is 1. The summed E-state index contributed by atoms with van der Waals surface area (Å²) in [6, 6.07) is 2.44. The molecule has 2 unspecified atom stereocenters. The molecular weight excluding hydrogens is 176 g/mol. The molecule has 1 aliphatic carbocycles. The number of hydrogen-bond donors (Lipinski definition) is 2. The van der Waals surface area contributed by atoms with Crippen LogP contribution in [0.1, 0.15) is 33.1 Å². The molecule has 0 aromatic carbocycles. The average Bonchev–Trinajstić information content (AvgIpc) is 2.92. The van der Waals surface area contributed by atoms with E-state index in [1.54, 1.807) is 0 Å². The van der Waals surface area contributed by atoms with E-state index in [0.717, 1.165) is 12.1 Å². The summed E-state index contributed by atoms with van der Waals surface area (Å²) in [5.74, 6) is 0. The molecule has 2 rings (SSSR count). The molecule has 2 N–H and O–H groups in total. The molecule has 3 nitrogen and oxygen atoms in total. The van der Waals surface area contributed by atoms with E-state index in [-0.39, 0.29) is 12.6 Å². The molecule has 1 saturated carbocycles. The molecule has 3 heteroatoms. The van der Waals surface area contributed by atoms with Crippen LogP contribution in [0.5, 0.6) is 0 Å². The van der Waals surface area contributed by atoms with Gasteiger partial charge in [0, 0.05) is 30.7 Å². The minimum atomic E-state index is 0.242. The molecule has 14 heavy (non-hydrogen) atoms. The van der Waals surface area contributed by atoms with Crippen LogP contribution in [0.4, 0.5) is 0 Å². The average molecular weight is 198 g/mol. The van der Waals surface area contributed by atoms with Gasteiger partial charge >= 0.3 is 0 Å². The van der Waals surface area contributed by atoms with Gasteiger partial charge in [-0.2, -0.15) is 0 Å². The standard InChI is InChI=1S/C11H22N2O/c1-8(7-14)12-10-5-9(2)13(6-10)11-3-4-11/h8-12,14H,3-7H2,1-2H3/t8-,9?,10?/m1/s1. The zero-order valence-electron chi connectivity index (χ0n) is 9.24. The Labute approximate surface area is 86.5 Å². The topological polar surface area (TPSA) is 35.5 Å². The summed E-state index contributed by atoms with van der Waals surface area (Å²) in [5, 5.41) is 12.5. The van der Waals surface area contributed by atoms with Crippen LogP contribution in [0.25, 0.3) is 0 Å². The molecule has 1 aliphatic heterocycles. The molecule has 0 spiro atoms. The maximum Gasteiger partial charge on any atom is 0.0582 e. The van der Waals surface area contributed by atoms with Gasteiger partial charge in [0.05, 0.1) is 6.61 Å². The maximum atomic E-state index is 8.97. The Balaban J connectivity index is 1.80. The lowest BCUT2D eigenvalue weighted by Crippen LogP contribution is -2.40. The van der Waals surface area contributed by atoms with Crippen LogP contribution in [0.3, 0.4) is 0 Å². The molecule has 2 aliphatic rings. The maximum absolute atomic E-state index is 8.97. The highest BCUT2D eigenvalue weighted by molar-refractivity contribution is 4.96. The Morgan fingerprint density at radius 3 is 2.79 bits per heavy atom. The van der Waals surface area contributed by atoms with Crippen molar-refractivity contribution in [3.63, 3.8) is 0 Å². The Kier molecular flexibility index (Phi) is 3.10. The smallest absolute Gasteiger partial charge is 0.0582 e. The molecule has 0 bridgehead atoms. The van der Waals surface area contributed by atoms with Gasteiger partial charge < -0.3 is 10.4 Å².